The Bertz CT molecular complexity index is 433. The molecule has 0 heterocycles. The first-order valence-corrected chi connectivity index (χ1v) is 6.51. The minimum Gasteiger partial charge on any atom is -0.397 e. The van der Waals surface area contributed by atoms with Gasteiger partial charge in [0.1, 0.15) is 0 Å². The zero-order chi connectivity index (χ0) is 10.9. The molecule has 0 atom stereocenters. The van der Waals surface area contributed by atoms with Crippen LogP contribution in [0.15, 0.2) is 16.6 Å². The lowest BCUT2D eigenvalue weighted by Crippen LogP contribution is -2.11. The van der Waals surface area contributed by atoms with Gasteiger partial charge in [0.15, 0.2) is 0 Å². The minimum absolute atomic E-state index is 0.387. The molecule has 0 amide bonds. The zero-order valence-corrected chi connectivity index (χ0v) is 10.2. The summed E-state index contributed by atoms with van der Waals surface area (Å²) in [6, 6.07) is 3.50. The molecule has 0 radical (unpaired) electrons. The Hall–Kier alpha value is -0.750. The highest BCUT2D eigenvalue weighted by Crippen LogP contribution is 2.30. The van der Waals surface area contributed by atoms with E-state index < -0.39 is 10.0 Å². The lowest BCUT2D eigenvalue weighted by atomic mass is 10.2. The Morgan fingerprint density at radius 2 is 2.00 bits per heavy atom. The first-order chi connectivity index (χ1) is 6.29. The predicted molar refractivity (Wildman–Crippen MR) is 61.8 cm³/mol. The summed E-state index contributed by atoms with van der Waals surface area (Å²) < 4.78 is 25.0. The second-order valence-corrected chi connectivity index (χ2v) is 5.69. The summed E-state index contributed by atoms with van der Waals surface area (Å²) in [6.07, 6.45) is 1.08. The maximum Gasteiger partial charge on any atom is 0.229 e. The molecule has 0 aliphatic heterocycles. The normalized spacial score (nSPS) is 11.4. The largest absolute Gasteiger partial charge is 0.397 e. The molecular formula is C8H11BrN2O2S. The van der Waals surface area contributed by atoms with Crippen LogP contribution in [0.4, 0.5) is 11.4 Å². The highest BCUT2D eigenvalue weighted by Gasteiger charge is 2.09. The van der Waals surface area contributed by atoms with E-state index in [0.29, 0.717) is 15.8 Å². The molecule has 1 rings (SSSR count). The first kappa shape index (κ1) is 11.3. The molecule has 0 fully saturated rings. The first-order valence-electron chi connectivity index (χ1n) is 3.83. The maximum absolute atomic E-state index is 11.0. The quantitative estimate of drug-likeness (QED) is 0.809. The average molecular weight is 279 g/mol. The van der Waals surface area contributed by atoms with E-state index in [1.54, 1.807) is 12.1 Å². The number of nitrogens with one attached hydrogen (secondary N) is 1. The van der Waals surface area contributed by atoms with Crippen LogP contribution in [-0.2, 0) is 10.0 Å². The fourth-order valence-electron chi connectivity index (χ4n) is 1.06. The van der Waals surface area contributed by atoms with Gasteiger partial charge in [-0.1, -0.05) is 0 Å². The molecule has 78 valence electrons. The predicted octanol–water partition coefficient (Wildman–Crippen LogP) is 1.71. The van der Waals surface area contributed by atoms with Crippen LogP contribution in [0.1, 0.15) is 5.56 Å². The van der Waals surface area contributed by atoms with Gasteiger partial charge in [-0.15, -0.1) is 0 Å². The number of anilines is 2. The van der Waals surface area contributed by atoms with Crippen molar-refractivity contribution >= 4 is 37.3 Å². The molecule has 14 heavy (non-hydrogen) atoms. The third kappa shape index (κ3) is 2.88. The molecule has 0 unspecified atom stereocenters. The number of hydrogen-bond donors (Lipinski definition) is 2. The van der Waals surface area contributed by atoms with Crippen molar-refractivity contribution in [2.75, 3.05) is 16.7 Å². The number of nitrogens with two attached hydrogens (primary N) is 1. The number of nitrogen functional groups attached to an aromatic ring is 1. The molecule has 0 saturated heterocycles. The van der Waals surface area contributed by atoms with Crippen molar-refractivity contribution in [1.82, 2.24) is 0 Å². The summed E-state index contributed by atoms with van der Waals surface area (Å²) in [4.78, 5) is 0. The fraction of sp³-hybridized carbons (Fsp3) is 0.250. The van der Waals surface area contributed by atoms with Gasteiger partial charge in [-0.3, -0.25) is 4.72 Å². The van der Waals surface area contributed by atoms with Crippen LogP contribution >= 0.6 is 15.9 Å². The van der Waals surface area contributed by atoms with Crippen LogP contribution in [0.25, 0.3) is 0 Å². The van der Waals surface area contributed by atoms with Crippen LogP contribution in [0, 0.1) is 6.92 Å². The van der Waals surface area contributed by atoms with Gasteiger partial charge in [-0.05, 0) is 40.5 Å². The summed E-state index contributed by atoms with van der Waals surface area (Å²) in [6.45, 7) is 1.88. The topological polar surface area (TPSA) is 72.2 Å². The molecule has 1 aromatic rings. The van der Waals surface area contributed by atoms with E-state index >= 15 is 0 Å². The van der Waals surface area contributed by atoms with E-state index in [4.69, 9.17) is 5.73 Å². The lowest BCUT2D eigenvalue weighted by molar-refractivity contribution is 0.607. The van der Waals surface area contributed by atoms with Crippen molar-refractivity contribution in [3.8, 4) is 0 Å². The molecule has 0 aliphatic carbocycles. The molecule has 6 heteroatoms. The molecule has 1 aromatic carbocycles. The van der Waals surface area contributed by atoms with E-state index in [9.17, 15) is 8.42 Å². The number of rotatable bonds is 2. The third-order valence-electron chi connectivity index (χ3n) is 1.55. The Morgan fingerprint density at radius 3 is 2.43 bits per heavy atom. The Morgan fingerprint density at radius 1 is 1.43 bits per heavy atom. The average Bonchev–Trinajstić information content (AvgIpc) is 1.95. The van der Waals surface area contributed by atoms with E-state index in [1.165, 1.54) is 0 Å². The Labute approximate surface area is 91.7 Å². The lowest BCUT2D eigenvalue weighted by Gasteiger charge is -2.10. The summed E-state index contributed by atoms with van der Waals surface area (Å²) in [5, 5.41) is 0. The van der Waals surface area contributed by atoms with Crippen molar-refractivity contribution in [3.05, 3.63) is 22.2 Å². The molecule has 0 spiro atoms. The molecule has 3 N–H and O–H groups in total. The fourth-order valence-corrected chi connectivity index (χ4v) is 2.48. The van der Waals surface area contributed by atoms with Crippen LogP contribution in [-0.4, -0.2) is 14.7 Å². The smallest absolute Gasteiger partial charge is 0.229 e. The number of halogens is 1. The summed E-state index contributed by atoms with van der Waals surface area (Å²) in [7, 11) is -3.30. The van der Waals surface area contributed by atoms with Gasteiger partial charge in [0, 0.05) is 4.47 Å². The van der Waals surface area contributed by atoms with Crippen LogP contribution in [0.3, 0.4) is 0 Å². The molecule has 0 aliphatic rings. The monoisotopic (exact) mass is 278 g/mol. The van der Waals surface area contributed by atoms with Gasteiger partial charge in [0.2, 0.25) is 10.0 Å². The van der Waals surface area contributed by atoms with Gasteiger partial charge < -0.3 is 5.73 Å². The maximum atomic E-state index is 11.0. The minimum atomic E-state index is -3.30. The standard InChI is InChI=1S/C8H11BrN2O2S/c1-5-3-6(9)8(7(10)4-5)11-14(2,12)13/h3-4,11H,10H2,1-2H3. The number of aryl methyl sites for hydroxylation is 1. The van der Waals surface area contributed by atoms with Gasteiger partial charge in [0.05, 0.1) is 17.6 Å². The van der Waals surface area contributed by atoms with E-state index in [2.05, 4.69) is 20.7 Å². The number of hydrogen-bond acceptors (Lipinski definition) is 3. The highest BCUT2D eigenvalue weighted by atomic mass is 79.9. The van der Waals surface area contributed by atoms with Crippen molar-refractivity contribution in [3.63, 3.8) is 0 Å². The zero-order valence-electron chi connectivity index (χ0n) is 7.83. The summed E-state index contributed by atoms with van der Waals surface area (Å²) in [5.41, 5.74) is 7.43. The van der Waals surface area contributed by atoms with Gasteiger partial charge in [-0.2, -0.15) is 0 Å². The third-order valence-corrected chi connectivity index (χ3v) is 2.75. The molecule has 0 aromatic heterocycles. The van der Waals surface area contributed by atoms with Crippen LogP contribution in [0.5, 0.6) is 0 Å². The summed E-state index contributed by atoms with van der Waals surface area (Å²) in [5.74, 6) is 0. The highest BCUT2D eigenvalue weighted by molar-refractivity contribution is 9.10. The Kier molecular flexibility index (Phi) is 3.06. The molecule has 0 bridgehead atoms. The van der Waals surface area contributed by atoms with Gasteiger partial charge in [-0.25, -0.2) is 8.42 Å². The molecular weight excluding hydrogens is 268 g/mol. The van der Waals surface area contributed by atoms with Crippen molar-refractivity contribution in [1.29, 1.82) is 0 Å². The van der Waals surface area contributed by atoms with Crippen LogP contribution < -0.4 is 10.5 Å². The van der Waals surface area contributed by atoms with Crippen LogP contribution in [0.2, 0.25) is 0 Å². The van der Waals surface area contributed by atoms with Crippen molar-refractivity contribution in [2.24, 2.45) is 0 Å². The molecule has 4 nitrogen and oxygen atoms in total. The number of sulfonamides is 1. The second kappa shape index (κ2) is 3.78. The number of benzene rings is 1. The second-order valence-electron chi connectivity index (χ2n) is 3.09. The SMILES string of the molecule is Cc1cc(N)c(NS(C)(=O)=O)c(Br)c1. The Balaban J connectivity index is 3.22. The van der Waals surface area contributed by atoms with Crippen molar-refractivity contribution in [2.45, 2.75) is 6.92 Å². The van der Waals surface area contributed by atoms with Gasteiger partial charge in [0.25, 0.3) is 0 Å². The van der Waals surface area contributed by atoms with E-state index in [0.717, 1.165) is 11.8 Å². The molecule has 0 saturated carbocycles. The van der Waals surface area contributed by atoms with Gasteiger partial charge >= 0.3 is 0 Å². The van der Waals surface area contributed by atoms with E-state index in [1.807, 2.05) is 6.92 Å². The van der Waals surface area contributed by atoms with Crippen molar-refractivity contribution < 1.29 is 8.42 Å². The summed E-state index contributed by atoms with van der Waals surface area (Å²) >= 11 is 3.24. The van der Waals surface area contributed by atoms with E-state index in [-0.39, 0.29) is 0 Å².